The summed E-state index contributed by atoms with van der Waals surface area (Å²) in [5.41, 5.74) is 0.891. The van der Waals surface area contributed by atoms with E-state index in [0.29, 0.717) is 30.4 Å². The number of amides is 1. The van der Waals surface area contributed by atoms with Gasteiger partial charge in [-0.25, -0.2) is 9.97 Å². The summed E-state index contributed by atoms with van der Waals surface area (Å²) < 4.78 is 12.2. The highest BCUT2D eigenvalue weighted by atomic mass is 16.5. The first kappa shape index (κ1) is 16.7. The number of pyridine rings is 1. The molecule has 0 aliphatic carbocycles. The maximum atomic E-state index is 12.2. The van der Waals surface area contributed by atoms with Gasteiger partial charge in [-0.15, -0.1) is 0 Å². The third kappa shape index (κ3) is 3.92. The Kier molecular flexibility index (Phi) is 4.73. The van der Waals surface area contributed by atoms with Crippen LogP contribution in [0.25, 0.3) is 17.4 Å². The number of rotatable bonds is 7. The van der Waals surface area contributed by atoms with Gasteiger partial charge >= 0.3 is 0 Å². The Morgan fingerprint density at radius 1 is 1.22 bits per heavy atom. The van der Waals surface area contributed by atoms with Crippen molar-refractivity contribution in [3.63, 3.8) is 0 Å². The molecule has 136 valence electrons. The van der Waals surface area contributed by atoms with E-state index in [2.05, 4.69) is 25.4 Å². The second-order valence-electron chi connectivity index (χ2n) is 5.72. The Balaban J connectivity index is 1.32. The van der Waals surface area contributed by atoms with E-state index in [1.54, 1.807) is 41.6 Å². The van der Waals surface area contributed by atoms with Gasteiger partial charge in [-0.2, -0.15) is 4.98 Å². The van der Waals surface area contributed by atoms with Crippen LogP contribution < -0.4 is 5.32 Å². The molecule has 4 heterocycles. The van der Waals surface area contributed by atoms with Gasteiger partial charge in [-0.1, -0.05) is 11.2 Å². The van der Waals surface area contributed by atoms with Crippen LogP contribution in [0, 0.1) is 0 Å². The smallest absolute Gasteiger partial charge is 0.238 e. The van der Waals surface area contributed by atoms with Crippen molar-refractivity contribution in [1.29, 1.82) is 0 Å². The summed E-state index contributed by atoms with van der Waals surface area (Å²) in [6.45, 7) is 0.363. The van der Waals surface area contributed by atoms with Crippen LogP contribution in [-0.4, -0.2) is 30.6 Å². The molecular weight excluding hydrogens is 348 g/mol. The van der Waals surface area contributed by atoms with Crippen LogP contribution in [0.5, 0.6) is 0 Å². The van der Waals surface area contributed by atoms with E-state index in [-0.39, 0.29) is 12.3 Å². The number of carbonyl (C=O) groups excluding carboxylic acids is 1. The van der Waals surface area contributed by atoms with Crippen molar-refractivity contribution in [2.24, 2.45) is 0 Å². The van der Waals surface area contributed by atoms with Crippen molar-refractivity contribution in [3.05, 3.63) is 66.9 Å². The Hall–Kier alpha value is -3.75. The zero-order valence-electron chi connectivity index (χ0n) is 14.3. The molecule has 0 atom stereocenters. The highest BCUT2D eigenvalue weighted by Crippen LogP contribution is 2.16. The van der Waals surface area contributed by atoms with E-state index in [1.807, 2.05) is 12.1 Å². The van der Waals surface area contributed by atoms with Gasteiger partial charge in [0.15, 0.2) is 5.76 Å². The monoisotopic (exact) mass is 364 g/mol. The summed E-state index contributed by atoms with van der Waals surface area (Å²) in [6.07, 6.45) is 8.97. The van der Waals surface area contributed by atoms with Crippen molar-refractivity contribution >= 4 is 5.91 Å². The molecule has 0 fully saturated rings. The molecule has 4 aromatic rings. The molecule has 0 bridgehead atoms. The molecule has 9 heteroatoms. The molecule has 0 aliphatic rings. The van der Waals surface area contributed by atoms with Crippen LogP contribution in [0.2, 0.25) is 0 Å². The van der Waals surface area contributed by atoms with Crippen molar-refractivity contribution < 1.29 is 13.7 Å². The molecule has 9 nitrogen and oxygen atoms in total. The maximum Gasteiger partial charge on any atom is 0.238 e. The Bertz CT molecular complexity index is 1010. The summed E-state index contributed by atoms with van der Waals surface area (Å²) in [4.78, 5) is 24.8. The lowest BCUT2D eigenvalue weighted by atomic mass is 10.2. The third-order valence-corrected chi connectivity index (χ3v) is 3.87. The van der Waals surface area contributed by atoms with Crippen molar-refractivity contribution in [2.45, 2.75) is 19.4 Å². The number of hydrogen-bond acceptors (Lipinski definition) is 7. The first-order valence-electron chi connectivity index (χ1n) is 8.35. The van der Waals surface area contributed by atoms with Gasteiger partial charge in [-0.3, -0.25) is 9.36 Å². The second kappa shape index (κ2) is 7.65. The number of nitrogens with one attached hydrogen (secondary N) is 1. The van der Waals surface area contributed by atoms with E-state index >= 15 is 0 Å². The van der Waals surface area contributed by atoms with Crippen molar-refractivity contribution in [2.75, 3.05) is 0 Å². The van der Waals surface area contributed by atoms with E-state index in [9.17, 15) is 4.79 Å². The second-order valence-corrected chi connectivity index (χ2v) is 5.72. The zero-order chi connectivity index (χ0) is 18.5. The van der Waals surface area contributed by atoms with Crippen LogP contribution in [0.4, 0.5) is 0 Å². The van der Waals surface area contributed by atoms with E-state index in [0.717, 1.165) is 11.4 Å². The quantitative estimate of drug-likeness (QED) is 0.535. The summed E-state index contributed by atoms with van der Waals surface area (Å²) in [6, 6.07) is 7.23. The van der Waals surface area contributed by atoms with Gasteiger partial charge in [0.2, 0.25) is 17.6 Å². The van der Waals surface area contributed by atoms with Crippen LogP contribution in [0.3, 0.4) is 0 Å². The van der Waals surface area contributed by atoms with Gasteiger partial charge in [-0.05, 0) is 18.2 Å². The Morgan fingerprint density at radius 2 is 2.19 bits per heavy atom. The number of aromatic nitrogens is 5. The average molecular weight is 364 g/mol. The normalized spacial score (nSPS) is 10.8. The van der Waals surface area contributed by atoms with E-state index in [4.69, 9.17) is 8.94 Å². The molecule has 1 amide bonds. The summed E-state index contributed by atoms with van der Waals surface area (Å²) in [5.74, 6) is 1.90. The standard InChI is InChI=1S/C18H16N6O3/c25-15(5-6-16-22-17(23-27-16)14-4-2-10-26-14)21-11-13-3-1-7-20-18(13)24-9-8-19-12-24/h1-4,7-10,12H,5-6,11H2,(H,21,25). The van der Waals surface area contributed by atoms with Crippen LogP contribution in [0.15, 0.2) is 64.4 Å². The predicted molar refractivity (Wildman–Crippen MR) is 93.5 cm³/mol. The zero-order valence-corrected chi connectivity index (χ0v) is 14.3. The first-order valence-corrected chi connectivity index (χ1v) is 8.35. The van der Waals surface area contributed by atoms with Crippen molar-refractivity contribution in [3.8, 4) is 17.4 Å². The van der Waals surface area contributed by atoms with Gasteiger partial charge in [0, 0.05) is 43.5 Å². The van der Waals surface area contributed by atoms with Crippen molar-refractivity contribution in [1.82, 2.24) is 30.0 Å². The highest BCUT2D eigenvalue weighted by molar-refractivity contribution is 5.76. The van der Waals surface area contributed by atoms with Gasteiger partial charge in [0.05, 0.1) is 6.26 Å². The fourth-order valence-corrected chi connectivity index (χ4v) is 2.55. The fraction of sp³-hybridized carbons (Fsp3) is 0.167. The molecule has 4 aromatic heterocycles. The molecule has 0 saturated carbocycles. The minimum absolute atomic E-state index is 0.117. The molecule has 0 aromatic carbocycles. The molecule has 0 spiro atoms. The largest absolute Gasteiger partial charge is 0.461 e. The third-order valence-electron chi connectivity index (χ3n) is 3.87. The number of nitrogens with zero attached hydrogens (tertiary/aromatic N) is 5. The molecule has 0 radical (unpaired) electrons. The molecule has 4 rings (SSSR count). The lowest BCUT2D eigenvalue weighted by Gasteiger charge is -2.09. The molecule has 0 saturated heterocycles. The molecule has 1 N–H and O–H groups in total. The number of furan rings is 1. The van der Waals surface area contributed by atoms with Crippen LogP contribution in [-0.2, 0) is 17.8 Å². The lowest BCUT2D eigenvalue weighted by Crippen LogP contribution is -2.24. The minimum Gasteiger partial charge on any atom is -0.461 e. The van der Waals surface area contributed by atoms with E-state index < -0.39 is 0 Å². The lowest BCUT2D eigenvalue weighted by molar-refractivity contribution is -0.121. The van der Waals surface area contributed by atoms with Gasteiger partial charge in [0.1, 0.15) is 12.1 Å². The molecular formula is C18H16N6O3. The maximum absolute atomic E-state index is 12.2. The highest BCUT2D eigenvalue weighted by Gasteiger charge is 2.13. The predicted octanol–water partition coefficient (Wildman–Crippen LogP) is 2.16. The SMILES string of the molecule is O=C(CCc1nc(-c2ccco2)no1)NCc1cccnc1-n1ccnc1. The fourth-order valence-electron chi connectivity index (χ4n) is 2.55. The first-order chi connectivity index (χ1) is 13.3. The number of hydrogen-bond donors (Lipinski definition) is 1. The molecule has 27 heavy (non-hydrogen) atoms. The van der Waals surface area contributed by atoms with Crippen LogP contribution in [0.1, 0.15) is 17.9 Å². The van der Waals surface area contributed by atoms with Gasteiger partial charge in [0.25, 0.3) is 0 Å². The Morgan fingerprint density at radius 3 is 3.00 bits per heavy atom. The summed E-state index contributed by atoms with van der Waals surface area (Å²) in [5, 5.41) is 6.73. The number of carbonyl (C=O) groups is 1. The topological polar surface area (TPSA) is 112 Å². The summed E-state index contributed by atoms with van der Waals surface area (Å²) >= 11 is 0. The van der Waals surface area contributed by atoms with E-state index in [1.165, 1.54) is 6.26 Å². The van der Waals surface area contributed by atoms with Gasteiger partial charge < -0.3 is 14.3 Å². The van der Waals surface area contributed by atoms with Crippen LogP contribution >= 0.6 is 0 Å². The molecule has 0 unspecified atom stereocenters. The minimum atomic E-state index is -0.117. The number of imidazole rings is 1. The molecule has 0 aliphatic heterocycles. The number of aryl methyl sites for hydroxylation is 1. The Labute approximate surface area is 154 Å². The average Bonchev–Trinajstić information content (AvgIpc) is 3.46. The summed E-state index contributed by atoms with van der Waals surface area (Å²) in [7, 11) is 0.